The summed E-state index contributed by atoms with van der Waals surface area (Å²) in [6.45, 7) is 3.78. The van der Waals surface area contributed by atoms with E-state index in [0.717, 1.165) is 38.5 Å². The van der Waals surface area contributed by atoms with Crippen LogP contribution >= 0.6 is 0 Å². The van der Waals surface area contributed by atoms with Gasteiger partial charge in [-0.05, 0) is 12.8 Å². The lowest BCUT2D eigenvalue weighted by molar-refractivity contribution is -0.302. The van der Waals surface area contributed by atoms with E-state index in [9.17, 15) is 30.3 Å². The minimum absolute atomic E-state index is 0.133. The molecule has 1 saturated heterocycles. The van der Waals surface area contributed by atoms with Crippen LogP contribution in [-0.2, 0) is 14.3 Å². The first-order valence-corrected chi connectivity index (χ1v) is 18.2. The number of amides is 1. The van der Waals surface area contributed by atoms with Crippen LogP contribution < -0.4 is 5.32 Å². The molecule has 1 aliphatic rings. The molecule has 0 saturated carbocycles. The minimum Gasteiger partial charge on any atom is -0.394 e. The Morgan fingerprint density at radius 1 is 0.682 bits per heavy atom. The van der Waals surface area contributed by atoms with Crippen molar-refractivity contribution in [2.75, 3.05) is 13.2 Å². The molecule has 1 amide bonds. The molecule has 0 spiro atoms. The molecule has 6 N–H and O–H groups in total. The lowest BCUT2D eigenvalue weighted by Gasteiger charge is -2.40. The van der Waals surface area contributed by atoms with E-state index in [4.69, 9.17) is 9.47 Å². The molecule has 0 aliphatic carbocycles. The average molecular weight is 632 g/mol. The molecule has 1 heterocycles. The maximum absolute atomic E-state index is 12.8. The number of unbranched alkanes of at least 4 members (excludes halogenated alkanes) is 19. The number of hydrogen-bond acceptors (Lipinski definition) is 8. The van der Waals surface area contributed by atoms with Crippen LogP contribution in [0.15, 0.2) is 0 Å². The van der Waals surface area contributed by atoms with E-state index in [1.54, 1.807) is 0 Å². The maximum Gasteiger partial charge on any atom is 0.220 e. The molecular weight excluding hydrogens is 562 g/mol. The van der Waals surface area contributed by atoms with Gasteiger partial charge in [0.15, 0.2) is 6.29 Å². The fourth-order valence-electron chi connectivity index (χ4n) is 5.92. The summed E-state index contributed by atoms with van der Waals surface area (Å²) in [6, 6.07) is -0.707. The minimum atomic E-state index is -1.54. The first kappa shape index (κ1) is 41.2. The third-order valence-electron chi connectivity index (χ3n) is 8.96. The number of aliphatic hydroxyl groups is 5. The Morgan fingerprint density at radius 2 is 1.14 bits per heavy atom. The molecule has 7 unspecified atom stereocenters. The van der Waals surface area contributed by atoms with Crippen molar-refractivity contribution < 1.29 is 39.8 Å². The van der Waals surface area contributed by atoms with Crippen molar-refractivity contribution in [1.29, 1.82) is 0 Å². The Labute approximate surface area is 268 Å². The highest BCUT2D eigenvalue weighted by Gasteiger charge is 2.44. The van der Waals surface area contributed by atoms with Crippen molar-refractivity contribution in [3.05, 3.63) is 0 Å². The van der Waals surface area contributed by atoms with Gasteiger partial charge in [0.25, 0.3) is 0 Å². The Hall–Kier alpha value is -0.810. The topological polar surface area (TPSA) is 149 Å². The summed E-state index contributed by atoms with van der Waals surface area (Å²) in [6.07, 6.45) is 18.3. The molecule has 0 bridgehead atoms. The molecule has 9 nitrogen and oxygen atoms in total. The Balaban J connectivity index is 2.45. The largest absolute Gasteiger partial charge is 0.394 e. The summed E-state index contributed by atoms with van der Waals surface area (Å²) in [5.74, 6) is -0.148. The van der Waals surface area contributed by atoms with E-state index in [1.807, 2.05) is 0 Å². The highest BCUT2D eigenvalue weighted by Crippen LogP contribution is 2.23. The third kappa shape index (κ3) is 19.0. The van der Waals surface area contributed by atoms with Gasteiger partial charge in [-0.25, -0.2) is 0 Å². The molecule has 0 radical (unpaired) electrons. The van der Waals surface area contributed by atoms with E-state index in [1.165, 1.54) is 96.3 Å². The summed E-state index contributed by atoms with van der Waals surface area (Å²) in [5.41, 5.74) is 0. The first-order valence-electron chi connectivity index (χ1n) is 18.2. The van der Waals surface area contributed by atoms with Gasteiger partial charge in [-0.1, -0.05) is 142 Å². The zero-order valence-corrected chi connectivity index (χ0v) is 28.2. The summed E-state index contributed by atoms with van der Waals surface area (Å²) < 4.78 is 11.2. The Kier molecular flexibility index (Phi) is 25.6. The van der Waals surface area contributed by atoms with Crippen molar-refractivity contribution in [2.24, 2.45) is 0 Å². The van der Waals surface area contributed by atoms with Gasteiger partial charge in [0.2, 0.25) is 5.91 Å². The summed E-state index contributed by atoms with van der Waals surface area (Å²) >= 11 is 0. The molecule has 44 heavy (non-hydrogen) atoms. The molecule has 7 atom stereocenters. The van der Waals surface area contributed by atoms with E-state index < -0.39 is 49.5 Å². The number of nitrogens with one attached hydrogen (secondary N) is 1. The van der Waals surface area contributed by atoms with Crippen LogP contribution in [0.1, 0.15) is 162 Å². The lowest BCUT2D eigenvalue weighted by atomic mass is 9.99. The van der Waals surface area contributed by atoms with Gasteiger partial charge in [0.1, 0.15) is 24.4 Å². The van der Waals surface area contributed by atoms with Gasteiger partial charge in [-0.3, -0.25) is 4.79 Å². The van der Waals surface area contributed by atoms with Gasteiger partial charge in [0, 0.05) is 6.42 Å². The number of rotatable bonds is 29. The summed E-state index contributed by atoms with van der Waals surface area (Å²) in [5, 5.41) is 53.9. The van der Waals surface area contributed by atoms with Crippen LogP contribution in [0.4, 0.5) is 0 Å². The molecule has 0 aromatic carbocycles. The Bertz CT molecular complexity index is 667. The zero-order chi connectivity index (χ0) is 32.4. The molecule has 0 aromatic rings. The van der Waals surface area contributed by atoms with Crippen molar-refractivity contribution in [2.45, 2.75) is 204 Å². The maximum atomic E-state index is 12.8. The van der Waals surface area contributed by atoms with Gasteiger partial charge in [-0.2, -0.15) is 0 Å². The second-order valence-electron chi connectivity index (χ2n) is 13.0. The number of ether oxygens (including phenoxy) is 2. The third-order valence-corrected chi connectivity index (χ3v) is 8.96. The van der Waals surface area contributed by atoms with Crippen molar-refractivity contribution in [3.63, 3.8) is 0 Å². The fourth-order valence-corrected chi connectivity index (χ4v) is 5.92. The molecule has 1 fully saturated rings. The monoisotopic (exact) mass is 632 g/mol. The smallest absolute Gasteiger partial charge is 0.220 e. The van der Waals surface area contributed by atoms with Gasteiger partial charge in [-0.15, -0.1) is 0 Å². The van der Waals surface area contributed by atoms with Gasteiger partial charge in [0.05, 0.1) is 25.4 Å². The first-order chi connectivity index (χ1) is 21.3. The highest BCUT2D eigenvalue weighted by molar-refractivity contribution is 5.76. The van der Waals surface area contributed by atoms with E-state index in [0.29, 0.717) is 12.8 Å². The number of hydrogen-bond donors (Lipinski definition) is 6. The SMILES string of the molecule is CCCCCCCCCCCCCC(=O)NC(COC1OC(CO)C(O)C(O)C1O)C(O)CCCCCCCCCCCC. The second-order valence-corrected chi connectivity index (χ2v) is 13.0. The number of carbonyl (C=O) groups excluding carboxylic acids is 1. The van der Waals surface area contributed by atoms with Crippen molar-refractivity contribution in [3.8, 4) is 0 Å². The molecule has 1 rings (SSSR count). The number of carbonyl (C=O) groups is 1. The van der Waals surface area contributed by atoms with Crippen LogP contribution in [0.5, 0.6) is 0 Å². The average Bonchev–Trinajstić information content (AvgIpc) is 3.02. The lowest BCUT2D eigenvalue weighted by Crippen LogP contribution is -2.60. The van der Waals surface area contributed by atoms with Crippen molar-refractivity contribution >= 4 is 5.91 Å². The van der Waals surface area contributed by atoms with Crippen molar-refractivity contribution in [1.82, 2.24) is 5.32 Å². The van der Waals surface area contributed by atoms with Gasteiger partial charge >= 0.3 is 0 Å². The summed E-state index contributed by atoms with van der Waals surface area (Å²) in [7, 11) is 0. The second kappa shape index (κ2) is 27.3. The van der Waals surface area contributed by atoms with E-state index in [2.05, 4.69) is 19.2 Å². The standard InChI is InChI=1S/C35H69NO8/c1-3-5-7-9-11-13-15-17-19-21-23-25-31(39)36-28(27-43-35-34(42)33(41)32(40)30(26-37)44-35)29(38)24-22-20-18-16-14-12-10-8-6-4-2/h28-30,32-35,37-38,40-42H,3-27H2,1-2H3,(H,36,39). The Morgan fingerprint density at radius 3 is 1.61 bits per heavy atom. The summed E-state index contributed by atoms with van der Waals surface area (Å²) in [4.78, 5) is 12.8. The van der Waals surface area contributed by atoms with Crippen LogP contribution in [0, 0.1) is 0 Å². The van der Waals surface area contributed by atoms with Crippen LogP contribution in [0.25, 0.3) is 0 Å². The quantitative estimate of drug-likeness (QED) is 0.0580. The highest BCUT2D eigenvalue weighted by atomic mass is 16.7. The molecule has 1 aliphatic heterocycles. The molecular formula is C35H69NO8. The van der Waals surface area contributed by atoms with Gasteiger partial charge < -0.3 is 40.3 Å². The molecule has 9 heteroatoms. The predicted molar refractivity (Wildman–Crippen MR) is 175 cm³/mol. The predicted octanol–water partition coefficient (Wildman–Crippen LogP) is 5.66. The number of aliphatic hydroxyl groups excluding tert-OH is 5. The van der Waals surface area contributed by atoms with Crippen LogP contribution in [0.3, 0.4) is 0 Å². The normalized spacial score (nSPS) is 23.5. The fraction of sp³-hybridized carbons (Fsp3) is 0.971. The van der Waals surface area contributed by atoms with Crippen LogP contribution in [0.2, 0.25) is 0 Å². The zero-order valence-electron chi connectivity index (χ0n) is 28.2. The van der Waals surface area contributed by atoms with E-state index >= 15 is 0 Å². The molecule has 262 valence electrons. The van der Waals surface area contributed by atoms with Crippen LogP contribution in [-0.4, -0.2) is 87.5 Å². The van der Waals surface area contributed by atoms with E-state index in [-0.39, 0.29) is 12.5 Å². The molecule has 0 aromatic heterocycles.